The maximum atomic E-state index is 13.8. The Balaban J connectivity index is 2.10. The van der Waals surface area contributed by atoms with Crippen molar-refractivity contribution in [2.24, 2.45) is 0 Å². The highest BCUT2D eigenvalue weighted by Gasteiger charge is 2.17. The minimum atomic E-state index is -0.683. The molecule has 2 N–H and O–H groups in total. The SMILES string of the molecule is CC(C)(C)OC(=O)Nc1ccc(F)c(NC(=O)c2ccon2)c1. The van der Waals surface area contributed by atoms with Crippen molar-refractivity contribution < 1.29 is 23.2 Å². The van der Waals surface area contributed by atoms with Crippen LogP contribution in [0.2, 0.25) is 0 Å². The molecule has 1 aromatic carbocycles. The second-order valence-corrected chi connectivity index (χ2v) is 5.66. The van der Waals surface area contributed by atoms with Gasteiger partial charge in [0, 0.05) is 11.8 Å². The van der Waals surface area contributed by atoms with Crippen LogP contribution < -0.4 is 10.6 Å². The summed E-state index contributed by atoms with van der Waals surface area (Å²) in [4.78, 5) is 23.5. The van der Waals surface area contributed by atoms with Crippen LogP contribution in [0.4, 0.5) is 20.6 Å². The van der Waals surface area contributed by atoms with Crippen LogP contribution in [0.3, 0.4) is 0 Å². The van der Waals surface area contributed by atoms with Gasteiger partial charge in [-0.3, -0.25) is 10.1 Å². The number of halogens is 1. The van der Waals surface area contributed by atoms with Crippen LogP contribution in [0.15, 0.2) is 35.1 Å². The Labute approximate surface area is 131 Å². The number of rotatable bonds is 3. The highest BCUT2D eigenvalue weighted by Crippen LogP contribution is 2.21. The van der Waals surface area contributed by atoms with Crippen molar-refractivity contribution in [3.8, 4) is 0 Å². The topological polar surface area (TPSA) is 93.5 Å². The lowest BCUT2D eigenvalue weighted by Crippen LogP contribution is -2.27. The van der Waals surface area contributed by atoms with Crippen LogP contribution in [0.25, 0.3) is 0 Å². The number of aromatic nitrogens is 1. The van der Waals surface area contributed by atoms with Crippen LogP contribution in [0.5, 0.6) is 0 Å². The van der Waals surface area contributed by atoms with Gasteiger partial charge in [-0.05, 0) is 39.0 Å². The average molecular weight is 321 g/mol. The molecule has 2 amide bonds. The maximum Gasteiger partial charge on any atom is 0.412 e. The average Bonchev–Trinajstić information content (AvgIpc) is 2.94. The molecule has 0 saturated heterocycles. The van der Waals surface area contributed by atoms with Gasteiger partial charge in [0.2, 0.25) is 0 Å². The van der Waals surface area contributed by atoms with Crippen LogP contribution in [0.1, 0.15) is 31.3 Å². The number of carbonyl (C=O) groups excluding carboxylic acids is 2. The molecule has 23 heavy (non-hydrogen) atoms. The number of hydrogen-bond acceptors (Lipinski definition) is 5. The molecule has 0 radical (unpaired) electrons. The second kappa shape index (κ2) is 6.47. The molecule has 0 saturated carbocycles. The van der Waals surface area contributed by atoms with E-state index in [1.54, 1.807) is 20.8 Å². The molecule has 2 aromatic rings. The number of hydrogen-bond donors (Lipinski definition) is 2. The summed E-state index contributed by atoms with van der Waals surface area (Å²) in [6.45, 7) is 5.17. The van der Waals surface area contributed by atoms with Gasteiger partial charge in [-0.25, -0.2) is 9.18 Å². The molecule has 1 aromatic heterocycles. The molecule has 0 aliphatic carbocycles. The Morgan fingerprint density at radius 3 is 2.57 bits per heavy atom. The lowest BCUT2D eigenvalue weighted by molar-refractivity contribution is 0.0635. The summed E-state index contributed by atoms with van der Waals surface area (Å²) in [6, 6.07) is 5.09. The molecule has 2 rings (SSSR count). The van der Waals surface area contributed by atoms with Gasteiger partial charge in [-0.15, -0.1) is 0 Å². The van der Waals surface area contributed by atoms with E-state index < -0.39 is 23.4 Å². The van der Waals surface area contributed by atoms with Crippen molar-refractivity contribution in [1.82, 2.24) is 5.16 Å². The summed E-state index contributed by atoms with van der Waals surface area (Å²) in [7, 11) is 0. The quantitative estimate of drug-likeness (QED) is 0.903. The van der Waals surface area contributed by atoms with Crippen molar-refractivity contribution in [2.75, 3.05) is 10.6 Å². The van der Waals surface area contributed by atoms with Crippen LogP contribution in [-0.2, 0) is 4.74 Å². The predicted molar refractivity (Wildman–Crippen MR) is 80.7 cm³/mol. The minimum Gasteiger partial charge on any atom is -0.444 e. The monoisotopic (exact) mass is 321 g/mol. The number of anilines is 2. The van der Waals surface area contributed by atoms with Crippen molar-refractivity contribution >= 4 is 23.4 Å². The predicted octanol–water partition coefficient (Wildman–Crippen LogP) is 3.41. The van der Waals surface area contributed by atoms with Gasteiger partial charge in [0.1, 0.15) is 17.7 Å². The van der Waals surface area contributed by atoms with E-state index in [9.17, 15) is 14.0 Å². The second-order valence-electron chi connectivity index (χ2n) is 5.66. The number of amides is 2. The Morgan fingerprint density at radius 2 is 1.96 bits per heavy atom. The van der Waals surface area contributed by atoms with Gasteiger partial charge in [0.05, 0.1) is 5.69 Å². The Kier molecular flexibility index (Phi) is 4.63. The number of benzene rings is 1. The fourth-order valence-electron chi connectivity index (χ4n) is 1.64. The summed E-state index contributed by atoms with van der Waals surface area (Å²) in [5.41, 5.74) is -0.480. The van der Waals surface area contributed by atoms with Crippen molar-refractivity contribution in [3.05, 3.63) is 42.0 Å². The molecule has 0 bridgehead atoms. The van der Waals surface area contributed by atoms with Crippen molar-refractivity contribution in [1.29, 1.82) is 0 Å². The van der Waals surface area contributed by atoms with Crippen LogP contribution >= 0.6 is 0 Å². The summed E-state index contributed by atoms with van der Waals surface area (Å²) >= 11 is 0. The van der Waals surface area contributed by atoms with Crippen LogP contribution in [-0.4, -0.2) is 22.8 Å². The summed E-state index contributed by atoms with van der Waals surface area (Å²) in [5, 5.41) is 8.26. The Morgan fingerprint density at radius 1 is 1.22 bits per heavy atom. The molecule has 7 nitrogen and oxygen atoms in total. The third-order valence-corrected chi connectivity index (χ3v) is 2.53. The normalized spacial score (nSPS) is 11.0. The van der Waals surface area contributed by atoms with Crippen LogP contribution in [0, 0.1) is 5.82 Å². The van der Waals surface area contributed by atoms with E-state index in [1.165, 1.54) is 24.5 Å². The standard InChI is InChI=1S/C15H16FN3O4/c1-15(2,3)23-14(21)17-9-4-5-10(16)12(8-9)18-13(20)11-6-7-22-19-11/h4-8H,1-3H3,(H,17,21)(H,18,20). The first-order chi connectivity index (χ1) is 10.7. The lowest BCUT2D eigenvalue weighted by atomic mass is 10.2. The van der Waals surface area contributed by atoms with E-state index in [0.29, 0.717) is 0 Å². The lowest BCUT2D eigenvalue weighted by Gasteiger charge is -2.19. The van der Waals surface area contributed by atoms with E-state index >= 15 is 0 Å². The van der Waals surface area contributed by atoms with Gasteiger partial charge in [0.25, 0.3) is 5.91 Å². The zero-order chi connectivity index (χ0) is 17.0. The number of carbonyl (C=O) groups is 2. The summed E-state index contributed by atoms with van der Waals surface area (Å²) in [5.74, 6) is -1.29. The minimum absolute atomic E-state index is 0.00917. The molecule has 8 heteroatoms. The van der Waals surface area contributed by atoms with E-state index in [2.05, 4.69) is 20.3 Å². The first-order valence-corrected chi connectivity index (χ1v) is 6.76. The van der Waals surface area contributed by atoms with E-state index in [1.807, 2.05) is 0 Å². The molecular formula is C15H16FN3O4. The largest absolute Gasteiger partial charge is 0.444 e. The van der Waals surface area contributed by atoms with E-state index in [-0.39, 0.29) is 17.1 Å². The van der Waals surface area contributed by atoms with Gasteiger partial charge < -0.3 is 14.6 Å². The molecule has 0 aliphatic rings. The molecule has 0 aliphatic heterocycles. The fourth-order valence-corrected chi connectivity index (χ4v) is 1.64. The summed E-state index contributed by atoms with van der Waals surface area (Å²) in [6.07, 6.45) is 0.545. The first-order valence-electron chi connectivity index (χ1n) is 6.76. The van der Waals surface area contributed by atoms with Gasteiger partial charge in [-0.2, -0.15) is 0 Å². The molecule has 0 spiro atoms. The summed E-state index contributed by atoms with van der Waals surface area (Å²) < 4.78 is 23.4. The highest BCUT2D eigenvalue weighted by atomic mass is 19.1. The number of nitrogens with one attached hydrogen (secondary N) is 2. The van der Waals surface area contributed by atoms with E-state index in [4.69, 9.17) is 4.74 Å². The van der Waals surface area contributed by atoms with Gasteiger partial charge in [0.15, 0.2) is 5.69 Å². The van der Waals surface area contributed by atoms with Gasteiger partial charge in [-0.1, -0.05) is 5.16 Å². The van der Waals surface area contributed by atoms with Crippen molar-refractivity contribution in [2.45, 2.75) is 26.4 Å². The third-order valence-electron chi connectivity index (χ3n) is 2.53. The third kappa shape index (κ3) is 4.80. The molecular weight excluding hydrogens is 305 g/mol. The zero-order valence-corrected chi connectivity index (χ0v) is 12.8. The fraction of sp³-hybridized carbons (Fsp3) is 0.267. The molecule has 122 valence electrons. The Bertz CT molecular complexity index is 708. The molecule has 0 atom stereocenters. The maximum absolute atomic E-state index is 13.8. The highest BCUT2D eigenvalue weighted by molar-refractivity contribution is 6.03. The molecule has 0 fully saturated rings. The number of nitrogens with zero attached hydrogens (tertiary/aromatic N) is 1. The Hall–Kier alpha value is -2.90. The zero-order valence-electron chi connectivity index (χ0n) is 12.8. The first kappa shape index (κ1) is 16.5. The smallest absolute Gasteiger partial charge is 0.412 e. The van der Waals surface area contributed by atoms with Crippen molar-refractivity contribution in [3.63, 3.8) is 0 Å². The number of ether oxygens (including phenoxy) is 1. The molecule has 1 heterocycles. The van der Waals surface area contributed by atoms with Gasteiger partial charge >= 0.3 is 6.09 Å². The molecule has 0 unspecified atom stereocenters. The van der Waals surface area contributed by atoms with E-state index in [0.717, 1.165) is 6.07 Å².